The molecular weight excluding hydrogens is 384 g/mol. The van der Waals surface area contributed by atoms with Crippen LogP contribution in [0.5, 0.6) is 5.75 Å². The molecule has 1 heterocycles. The molecular formula is C22H20N4O2S. The summed E-state index contributed by atoms with van der Waals surface area (Å²) in [5.74, 6) is 1.46. The number of urea groups is 1. The second-order valence-corrected chi connectivity index (χ2v) is 7.37. The Hall–Kier alpha value is -3.45. The number of para-hydroxylation sites is 2. The molecule has 146 valence electrons. The van der Waals surface area contributed by atoms with Gasteiger partial charge < -0.3 is 15.0 Å². The average Bonchev–Trinajstić information content (AvgIpc) is 3.15. The molecule has 0 atom stereocenters. The van der Waals surface area contributed by atoms with Gasteiger partial charge in [0.2, 0.25) is 0 Å². The van der Waals surface area contributed by atoms with Crippen LogP contribution in [0.25, 0.3) is 11.0 Å². The highest BCUT2D eigenvalue weighted by Crippen LogP contribution is 2.19. The van der Waals surface area contributed by atoms with E-state index in [2.05, 4.69) is 20.0 Å². The van der Waals surface area contributed by atoms with E-state index in [1.807, 2.05) is 67.6 Å². The SMILES string of the molecule is Cc1cccc(SNC(=O)Nc2ccc(OCc3nc4ccccc4[nH]3)cc2)c1. The summed E-state index contributed by atoms with van der Waals surface area (Å²) in [5.41, 5.74) is 3.74. The van der Waals surface area contributed by atoms with E-state index in [1.54, 1.807) is 12.1 Å². The number of benzene rings is 3. The summed E-state index contributed by atoms with van der Waals surface area (Å²) in [5, 5.41) is 2.80. The van der Waals surface area contributed by atoms with Crippen molar-refractivity contribution in [2.24, 2.45) is 0 Å². The zero-order valence-electron chi connectivity index (χ0n) is 15.8. The van der Waals surface area contributed by atoms with Crippen LogP contribution in [0.4, 0.5) is 10.5 Å². The van der Waals surface area contributed by atoms with Crippen LogP contribution in [-0.4, -0.2) is 16.0 Å². The van der Waals surface area contributed by atoms with Gasteiger partial charge in [0.1, 0.15) is 18.2 Å². The molecule has 3 N–H and O–H groups in total. The second kappa shape index (κ2) is 8.70. The second-order valence-electron chi connectivity index (χ2n) is 6.49. The maximum Gasteiger partial charge on any atom is 0.329 e. The molecule has 4 aromatic rings. The molecule has 0 saturated heterocycles. The van der Waals surface area contributed by atoms with Crippen LogP contribution < -0.4 is 14.8 Å². The van der Waals surface area contributed by atoms with E-state index in [0.29, 0.717) is 18.0 Å². The molecule has 2 amide bonds. The molecule has 0 aliphatic carbocycles. The number of nitrogens with zero attached hydrogens (tertiary/aromatic N) is 1. The van der Waals surface area contributed by atoms with Crippen molar-refractivity contribution in [2.45, 2.75) is 18.4 Å². The Morgan fingerprint density at radius 3 is 2.69 bits per heavy atom. The van der Waals surface area contributed by atoms with Gasteiger partial charge in [0, 0.05) is 10.6 Å². The number of anilines is 1. The van der Waals surface area contributed by atoms with Crippen molar-refractivity contribution in [2.75, 3.05) is 5.32 Å². The fourth-order valence-electron chi connectivity index (χ4n) is 2.80. The van der Waals surface area contributed by atoms with E-state index >= 15 is 0 Å². The van der Waals surface area contributed by atoms with Crippen LogP contribution in [0.3, 0.4) is 0 Å². The van der Waals surface area contributed by atoms with Crippen LogP contribution >= 0.6 is 11.9 Å². The lowest BCUT2D eigenvalue weighted by Crippen LogP contribution is -2.22. The lowest BCUT2D eigenvalue weighted by molar-refractivity contribution is 0.257. The van der Waals surface area contributed by atoms with Crippen LogP contribution in [-0.2, 0) is 6.61 Å². The van der Waals surface area contributed by atoms with Crippen molar-refractivity contribution < 1.29 is 9.53 Å². The standard InChI is InChI=1S/C22H20N4O2S/c1-15-5-4-6-18(13-15)29-26-22(27)23-16-9-11-17(12-10-16)28-14-21-24-19-7-2-3-8-20(19)25-21/h2-13H,14H2,1H3,(H,24,25)(H2,23,26,27). The van der Waals surface area contributed by atoms with Crippen molar-refractivity contribution in [1.82, 2.24) is 14.7 Å². The first-order chi connectivity index (χ1) is 14.2. The van der Waals surface area contributed by atoms with Crippen LogP contribution in [0.15, 0.2) is 77.7 Å². The normalized spacial score (nSPS) is 10.7. The highest BCUT2D eigenvalue weighted by Gasteiger charge is 2.05. The molecule has 0 fully saturated rings. The summed E-state index contributed by atoms with van der Waals surface area (Å²) in [4.78, 5) is 20.8. The number of aryl methyl sites for hydroxylation is 1. The van der Waals surface area contributed by atoms with Gasteiger partial charge in [-0.15, -0.1) is 0 Å². The molecule has 0 spiro atoms. The predicted octanol–water partition coefficient (Wildman–Crippen LogP) is 5.28. The lowest BCUT2D eigenvalue weighted by Gasteiger charge is -2.09. The number of rotatable bonds is 6. The average molecular weight is 404 g/mol. The zero-order chi connectivity index (χ0) is 20.1. The first-order valence-corrected chi connectivity index (χ1v) is 9.94. The number of amides is 2. The van der Waals surface area contributed by atoms with Gasteiger partial charge in [-0.1, -0.05) is 24.3 Å². The van der Waals surface area contributed by atoms with E-state index < -0.39 is 0 Å². The monoisotopic (exact) mass is 404 g/mol. The topological polar surface area (TPSA) is 79.0 Å². The highest BCUT2D eigenvalue weighted by molar-refractivity contribution is 7.98. The maximum atomic E-state index is 12.1. The summed E-state index contributed by atoms with van der Waals surface area (Å²) in [6.45, 7) is 2.36. The van der Waals surface area contributed by atoms with Gasteiger partial charge in [-0.2, -0.15) is 0 Å². The van der Waals surface area contributed by atoms with Gasteiger partial charge in [0.05, 0.1) is 11.0 Å². The van der Waals surface area contributed by atoms with Crippen molar-refractivity contribution in [3.8, 4) is 5.75 Å². The van der Waals surface area contributed by atoms with Gasteiger partial charge in [-0.25, -0.2) is 9.78 Å². The lowest BCUT2D eigenvalue weighted by atomic mass is 10.2. The van der Waals surface area contributed by atoms with E-state index in [9.17, 15) is 4.79 Å². The fraction of sp³-hybridized carbons (Fsp3) is 0.0909. The molecule has 29 heavy (non-hydrogen) atoms. The van der Waals surface area contributed by atoms with E-state index in [-0.39, 0.29) is 6.03 Å². The Bertz CT molecular complexity index is 1090. The van der Waals surface area contributed by atoms with Crippen LogP contribution in [0.2, 0.25) is 0 Å². The molecule has 0 radical (unpaired) electrons. The molecule has 0 bridgehead atoms. The molecule has 0 aliphatic heterocycles. The number of hydrogen-bond donors (Lipinski definition) is 3. The molecule has 4 rings (SSSR count). The Labute approximate surface area is 172 Å². The van der Waals surface area contributed by atoms with Crippen LogP contribution in [0, 0.1) is 6.92 Å². The van der Waals surface area contributed by atoms with E-state index in [0.717, 1.165) is 27.3 Å². The van der Waals surface area contributed by atoms with Crippen molar-refractivity contribution in [3.63, 3.8) is 0 Å². The van der Waals surface area contributed by atoms with Gasteiger partial charge in [0.25, 0.3) is 0 Å². The number of ether oxygens (including phenoxy) is 1. The number of carbonyl (C=O) groups is 1. The molecule has 1 aromatic heterocycles. The largest absolute Gasteiger partial charge is 0.486 e. The van der Waals surface area contributed by atoms with Gasteiger partial charge in [-0.05, 0) is 73.0 Å². The predicted molar refractivity (Wildman–Crippen MR) is 116 cm³/mol. The summed E-state index contributed by atoms with van der Waals surface area (Å²) in [6.07, 6.45) is 0. The quantitative estimate of drug-likeness (QED) is 0.382. The molecule has 3 aromatic carbocycles. The Kier molecular flexibility index (Phi) is 5.67. The number of H-pyrrole nitrogens is 1. The van der Waals surface area contributed by atoms with E-state index in [4.69, 9.17) is 4.74 Å². The minimum absolute atomic E-state index is 0.285. The number of nitrogens with one attached hydrogen (secondary N) is 3. The first-order valence-electron chi connectivity index (χ1n) is 9.13. The number of hydrogen-bond acceptors (Lipinski definition) is 4. The smallest absolute Gasteiger partial charge is 0.329 e. The summed E-state index contributed by atoms with van der Waals surface area (Å²) < 4.78 is 8.54. The van der Waals surface area contributed by atoms with Gasteiger partial charge in [0.15, 0.2) is 0 Å². The Morgan fingerprint density at radius 2 is 1.90 bits per heavy atom. The minimum Gasteiger partial charge on any atom is -0.486 e. The molecule has 0 aliphatic rings. The van der Waals surface area contributed by atoms with Crippen LogP contribution in [0.1, 0.15) is 11.4 Å². The Morgan fingerprint density at radius 1 is 1.07 bits per heavy atom. The molecule has 7 heteroatoms. The fourth-order valence-corrected chi connectivity index (χ4v) is 3.45. The molecule has 6 nitrogen and oxygen atoms in total. The highest BCUT2D eigenvalue weighted by atomic mass is 32.2. The van der Waals surface area contributed by atoms with Crippen molar-refractivity contribution in [1.29, 1.82) is 0 Å². The molecule has 0 saturated carbocycles. The number of imidazole rings is 1. The first kappa shape index (κ1) is 18.9. The maximum absolute atomic E-state index is 12.1. The third-order valence-corrected chi connectivity index (χ3v) is 4.95. The number of carbonyl (C=O) groups excluding carboxylic acids is 1. The molecule has 0 unspecified atom stereocenters. The minimum atomic E-state index is -0.285. The van der Waals surface area contributed by atoms with Gasteiger partial charge in [-0.3, -0.25) is 4.72 Å². The zero-order valence-corrected chi connectivity index (χ0v) is 16.6. The van der Waals surface area contributed by atoms with Crippen molar-refractivity contribution in [3.05, 3.63) is 84.2 Å². The summed E-state index contributed by atoms with van der Waals surface area (Å²) >= 11 is 1.28. The number of aromatic amines is 1. The Balaban J connectivity index is 1.27. The summed E-state index contributed by atoms with van der Waals surface area (Å²) in [7, 11) is 0. The number of aromatic nitrogens is 2. The third-order valence-electron chi connectivity index (χ3n) is 4.18. The third kappa shape index (κ3) is 5.08. The van der Waals surface area contributed by atoms with E-state index in [1.165, 1.54) is 11.9 Å². The summed E-state index contributed by atoms with van der Waals surface area (Å²) in [6, 6.07) is 22.7. The van der Waals surface area contributed by atoms with Crippen molar-refractivity contribution >= 4 is 34.7 Å². The number of fused-ring (bicyclic) bond motifs is 1. The van der Waals surface area contributed by atoms with Gasteiger partial charge >= 0.3 is 6.03 Å².